The Hall–Kier alpha value is -4.78. The van der Waals surface area contributed by atoms with Gasteiger partial charge in [0, 0.05) is 54.6 Å². The van der Waals surface area contributed by atoms with E-state index in [1.54, 1.807) is 29.2 Å². The summed E-state index contributed by atoms with van der Waals surface area (Å²) < 4.78 is 11.1. The van der Waals surface area contributed by atoms with Crippen LogP contribution in [0, 0.1) is 0 Å². The van der Waals surface area contributed by atoms with Crippen LogP contribution in [0.25, 0.3) is 22.4 Å². The Morgan fingerprint density at radius 3 is 2.38 bits per heavy atom. The quantitative estimate of drug-likeness (QED) is 0.115. The summed E-state index contributed by atoms with van der Waals surface area (Å²) in [5, 5.41) is 9.24. The number of piperidine rings is 1. The molecule has 0 atom stereocenters. The second kappa shape index (κ2) is 16.7. The van der Waals surface area contributed by atoms with Crippen LogP contribution >= 0.6 is 11.3 Å². The molecule has 3 heterocycles. The molecule has 4 amide bonds. The number of likely N-dealkylation sites (tertiary alicyclic amines) is 1. The zero-order valence-corrected chi connectivity index (χ0v) is 31.0. The molecule has 4 aromatic rings. The number of rotatable bonds is 11. The molecule has 1 aliphatic carbocycles. The molecule has 1 saturated carbocycles. The minimum absolute atomic E-state index is 0.103. The number of imide groups is 1. The zero-order valence-electron chi connectivity index (χ0n) is 30.2. The molecule has 0 bridgehead atoms. The zero-order chi connectivity index (χ0) is 36.7. The number of ether oxygens (including phenoxy) is 1. The van der Waals surface area contributed by atoms with Gasteiger partial charge in [0.05, 0.1) is 5.69 Å². The van der Waals surface area contributed by atoms with Crippen LogP contribution in [0.5, 0.6) is 0 Å². The highest BCUT2D eigenvalue weighted by molar-refractivity contribution is 7.14. The molecule has 0 radical (unpaired) electrons. The summed E-state index contributed by atoms with van der Waals surface area (Å²) >= 11 is 1.52. The van der Waals surface area contributed by atoms with Crippen molar-refractivity contribution in [1.29, 1.82) is 0 Å². The Kier molecular flexibility index (Phi) is 11.9. The summed E-state index contributed by atoms with van der Waals surface area (Å²) in [4.78, 5) is 64.6. The van der Waals surface area contributed by atoms with Crippen LogP contribution < -0.4 is 10.6 Å². The maximum absolute atomic E-state index is 13.8. The molecular weight excluding hydrogens is 681 g/mol. The van der Waals surface area contributed by atoms with Crippen molar-refractivity contribution in [3.63, 3.8) is 0 Å². The van der Waals surface area contributed by atoms with E-state index in [9.17, 15) is 19.2 Å². The van der Waals surface area contributed by atoms with Crippen LogP contribution in [0.3, 0.4) is 0 Å². The smallest absolute Gasteiger partial charge is 0.410 e. The topological polar surface area (TPSA) is 147 Å². The number of para-hydroxylation sites is 2. The summed E-state index contributed by atoms with van der Waals surface area (Å²) in [6, 6.07) is 14.2. The Bertz CT molecular complexity index is 1820. The van der Waals surface area contributed by atoms with Crippen LogP contribution in [0.1, 0.15) is 106 Å². The van der Waals surface area contributed by atoms with Crippen molar-refractivity contribution >= 4 is 51.4 Å². The fourth-order valence-electron chi connectivity index (χ4n) is 6.66. The Labute approximate surface area is 308 Å². The number of hydrogen-bond acceptors (Lipinski definition) is 10. The van der Waals surface area contributed by atoms with Crippen LogP contribution in [0.4, 0.5) is 14.7 Å². The van der Waals surface area contributed by atoms with Crippen molar-refractivity contribution in [3.05, 3.63) is 65.4 Å². The SMILES string of the molecule is CC(C)(C)OC(=O)N1CCC(Nc2nc(-c3ccc(C(=O)N(C(=O)NCCCCC(=O)c4nc5ccccc5o4)C4CCCCC4)cc3)cs2)CC1. The average Bonchev–Trinajstić information content (AvgIpc) is 3.79. The van der Waals surface area contributed by atoms with E-state index in [4.69, 9.17) is 14.1 Å². The van der Waals surface area contributed by atoms with E-state index < -0.39 is 11.6 Å². The predicted molar refractivity (Wildman–Crippen MR) is 201 cm³/mol. The number of anilines is 1. The fraction of sp³-hybridized carbons (Fsp3) is 0.487. The fourth-order valence-corrected chi connectivity index (χ4v) is 7.45. The van der Waals surface area contributed by atoms with Gasteiger partial charge in [-0.3, -0.25) is 14.5 Å². The third kappa shape index (κ3) is 9.55. The molecule has 2 fully saturated rings. The number of carbonyl (C=O) groups is 4. The first-order valence-electron chi connectivity index (χ1n) is 18.3. The maximum atomic E-state index is 13.8. The minimum Gasteiger partial charge on any atom is -0.444 e. The van der Waals surface area contributed by atoms with E-state index in [0.29, 0.717) is 49.1 Å². The summed E-state index contributed by atoms with van der Waals surface area (Å²) in [5.41, 5.74) is 2.84. The largest absolute Gasteiger partial charge is 0.444 e. The van der Waals surface area contributed by atoms with Gasteiger partial charge >= 0.3 is 12.1 Å². The lowest BCUT2D eigenvalue weighted by molar-refractivity contribution is 0.0210. The van der Waals surface area contributed by atoms with Crippen molar-refractivity contribution in [2.24, 2.45) is 0 Å². The number of nitrogens with one attached hydrogen (secondary N) is 2. The van der Waals surface area contributed by atoms with Crippen molar-refractivity contribution in [3.8, 4) is 11.3 Å². The lowest BCUT2D eigenvalue weighted by atomic mass is 9.93. The van der Waals surface area contributed by atoms with Gasteiger partial charge in [-0.05, 0) is 83.6 Å². The first-order chi connectivity index (χ1) is 25.0. The molecule has 0 unspecified atom stereocenters. The van der Waals surface area contributed by atoms with Crippen LogP contribution in [-0.4, -0.2) is 80.9 Å². The van der Waals surface area contributed by atoms with Gasteiger partial charge in [-0.1, -0.05) is 43.5 Å². The standard InChI is InChI=1S/C39H48N6O6S/c1-39(2,3)51-38(49)44-23-20-28(21-24-44)41-36-43-31(25-52-36)26-16-18-27(19-17-26)35(47)45(29-11-5-4-6-12-29)37(48)40-22-10-9-14-32(46)34-42-30-13-7-8-15-33(30)50-34/h7-8,13,15-19,25,28-29H,4-6,9-12,14,20-24H2,1-3H3,(H,40,48)(H,41,43). The number of benzene rings is 2. The number of urea groups is 1. The highest BCUT2D eigenvalue weighted by atomic mass is 32.1. The number of thiazole rings is 1. The summed E-state index contributed by atoms with van der Waals surface area (Å²) in [5.74, 6) is -0.390. The molecular formula is C39H48N6O6S. The summed E-state index contributed by atoms with van der Waals surface area (Å²) in [6.45, 7) is 7.21. The van der Waals surface area contributed by atoms with Gasteiger partial charge < -0.3 is 24.7 Å². The van der Waals surface area contributed by atoms with E-state index in [1.807, 2.05) is 50.4 Å². The van der Waals surface area contributed by atoms with Gasteiger partial charge in [0.25, 0.3) is 11.8 Å². The lowest BCUT2D eigenvalue weighted by Crippen LogP contribution is -2.50. The Balaban J connectivity index is 1.00. The highest BCUT2D eigenvalue weighted by Crippen LogP contribution is 2.29. The molecule has 1 aliphatic heterocycles. The Morgan fingerprint density at radius 1 is 0.942 bits per heavy atom. The van der Waals surface area contributed by atoms with E-state index >= 15 is 0 Å². The van der Waals surface area contributed by atoms with Crippen molar-refractivity contribution in [2.45, 2.75) is 103 Å². The number of ketones is 1. The number of hydrogen-bond donors (Lipinski definition) is 2. The van der Waals surface area contributed by atoms with Crippen molar-refractivity contribution in [1.82, 2.24) is 25.1 Å². The molecule has 0 spiro atoms. The molecule has 52 heavy (non-hydrogen) atoms. The van der Waals surface area contributed by atoms with Gasteiger partial charge in [0.2, 0.25) is 5.78 Å². The third-order valence-electron chi connectivity index (χ3n) is 9.42. The number of amides is 4. The molecule has 6 rings (SSSR count). The van der Waals surface area contributed by atoms with Gasteiger partial charge in [-0.15, -0.1) is 11.3 Å². The van der Waals surface area contributed by atoms with Crippen LogP contribution in [-0.2, 0) is 4.74 Å². The van der Waals surface area contributed by atoms with Crippen molar-refractivity contribution in [2.75, 3.05) is 25.0 Å². The van der Waals surface area contributed by atoms with Crippen LogP contribution in [0.15, 0.2) is 58.3 Å². The van der Waals surface area contributed by atoms with E-state index in [-0.39, 0.29) is 42.2 Å². The number of oxazole rings is 1. The molecule has 2 N–H and O–H groups in total. The number of Topliss-reactive ketones (excluding diaryl/α,β-unsaturated/α-hetero) is 1. The van der Waals surface area contributed by atoms with Crippen LogP contribution in [0.2, 0.25) is 0 Å². The lowest BCUT2D eigenvalue weighted by Gasteiger charge is -2.33. The number of fused-ring (bicyclic) bond motifs is 1. The van der Waals surface area contributed by atoms with Gasteiger partial charge in [-0.2, -0.15) is 0 Å². The number of carbonyl (C=O) groups excluding carboxylic acids is 4. The van der Waals surface area contributed by atoms with Gasteiger partial charge in [-0.25, -0.2) is 19.6 Å². The predicted octanol–water partition coefficient (Wildman–Crippen LogP) is 8.30. The molecule has 276 valence electrons. The Morgan fingerprint density at radius 2 is 1.67 bits per heavy atom. The molecule has 12 nitrogen and oxygen atoms in total. The van der Waals surface area contributed by atoms with E-state index in [0.717, 1.165) is 61.3 Å². The number of aromatic nitrogens is 2. The first-order valence-corrected chi connectivity index (χ1v) is 19.2. The molecule has 2 aromatic carbocycles. The first kappa shape index (κ1) is 37.0. The molecule has 2 aliphatic rings. The average molecular weight is 729 g/mol. The van der Waals surface area contributed by atoms with Gasteiger partial charge in [0.15, 0.2) is 10.7 Å². The molecule has 13 heteroatoms. The second-order valence-electron chi connectivity index (χ2n) is 14.6. The normalized spacial score (nSPS) is 15.7. The second-order valence-corrected chi connectivity index (χ2v) is 15.4. The van der Waals surface area contributed by atoms with Crippen molar-refractivity contribution < 1.29 is 28.3 Å². The number of unbranched alkanes of at least 4 members (excludes halogenated alkanes) is 1. The summed E-state index contributed by atoms with van der Waals surface area (Å²) in [6.07, 6.45) is 7.33. The number of nitrogens with zero attached hydrogens (tertiary/aromatic N) is 4. The maximum Gasteiger partial charge on any atom is 0.410 e. The third-order valence-corrected chi connectivity index (χ3v) is 10.2. The molecule has 1 saturated heterocycles. The summed E-state index contributed by atoms with van der Waals surface area (Å²) in [7, 11) is 0. The van der Waals surface area contributed by atoms with E-state index in [1.165, 1.54) is 16.2 Å². The van der Waals surface area contributed by atoms with Gasteiger partial charge in [0.1, 0.15) is 11.1 Å². The van der Waals surface area contributed by atoms with E-state index in [2.05, 4.69) is 15.6 Å². The monoisotopic (exact) mass is 728 g/mol. The molecule has 2 aromatic heterocycles. The highest BCUT2D eigenvalue weighted by Gasteiger charge is 2.32. The minimum atomic E-state index is -0.514.